The highest BCUT2D eigenvalue weighted by Gasteiger charge is 2.14. The average Bonchev–Trinajstić information content (AvgIpc) is 2.75. The van der Waals surface area contributed by atoms with Gasteiger partial charge in [0, 0.05) is 11.3 Å². The van der Waals surface area contributed by atoms with Gasteiger partial charge in [0.15, 0.2) is 0 Å². The van der Waals surface area contributed by atoms with Crippen LogP contribution in [0.3, 0.4) is 0 Å². The summed E-state index contributed by atoms with van der Waals surface area (Å²) in [5.74, 6) is -0.502. The van der Waals surface area contributed by atoms with Crippen LogP contribution in [0.2, 0.25) is 0 Å². The van der Waals surface area contributed by atoms with Crippen LogP contribution in [0.15, 0.2) is 10.9 Å². The fourth-order valence-corrected chi connectivity index (χ4v) is 2.83. The van der Waals surface area contributed by atoms with Crippen LogP contribution in [0.25, 0.3) is 10.2 Å². The van der Waals surface area contributed by atoms with Gasteiger partial charge in [-0.25, -0.2) is 4.98 Å². The minimum absolute atomic E-state index is 0.254. The van der Waals surface area contributed by atoms with Crippen LogP contribution in [0.4, 0.5) is 0 Å². The molecule has 0 saturated heterocycles. The van der Waals surface area contributed by atoms with Crippen LogP contribution in [0.5, 0.6) is 0 Å². The minimum Gasteiger partial charge on any atom is -0.480 e. The third-order valence-corrected chi connectivity index (χ3v) is 3.91. The highest BCUT2D eigenvalue weighted by molar-refractivity contribution is 7.18. The first kappa shape index (κ1) is 12.8. The molecule has 0 aliphatic rings. The predicted octanol–water partition coefficient (Wildman–Crippen LogP) is 1.67. The van der Waals surface area contributed by atoms with E-state index in [4.69, 9.17) is 5.11 Å². The van der Waals surface area contributed by atoms with Crippen LogP contribution >= 0.6 is 11.3 Å². The van der Waals surface area contributed by atoms with Crippen molar-refractivity contribution in [3.05, 3.63) is 27.1 Å². The second kappa shape index (κ2) is 4.89. The minimum atomic E-state index is -1.03. The number of aryl methyl sites for hydroxylation is 2. The molecular weight excluding hydrogens is 252 g/mol. The highest BCUT2D eigenvalue weighted by atomic mass is 32.1. The van der Waals surface area contributed by atoms with Gasteiger partial charge in [0.25, 0.3) is 5.56 Å². The monoisotopic (exact) mass is 266 g/mol. The van der Waals surface area contributed by atoms with E-state index in [0.717, 1.165) is 11.3 Å². The van der Waals surface area contributed by atoms with E-state index < -0.39 is 5.97 Å². The van der Waals surface area contributed by atoms with Crippen molar-refractivity contribution in [2.75, 3.05) is 0 Å². The van der Waals surface area contributed by atoms with Gasteiger partial charge < -0.3 is 5.11 Å². The Morgan fingerprint density at radius 2 is 2.17 bits per heavy atom. The number of carboxylic acid groups (broad SMARTS) is 1. The fourth-order valence-electron chi connectivity index (χ4n) is 1.85. The van der Waals surface area contributed by atoms with Gasteiger partial charge in [-0.05, 0) is 12.5 Å². The molecule has 2 aromatic heterocycles. The Hall–Kier alpha value is -1.69. The Morgan fingerprint density at radius 1 is 1.44 bits per heavy atom. The summed E-state index contributed by atoms with van der Waals surface area (Å²) in [6, 6.07) is 1.81. The Labute approximate surface area is 108 Å². The number of aliphatic carboxylic acids is 1. The first-order valence-electron chi connectivity index (χ1n) is 5.80. The summed E-state index contributed by atoms with van der Waals surface area (Å²) >= 11 is 1.50. The summed E-state index contributed by atoms with van der Waals surface area (Å²) in [7, 11) is 0. The second-order valence-corrected chi connectivity index (χ2v) is 5.07. The number of rotatable bonds is 4. The molecule has 1 N–H and O–H groups in total. The standard InChI is InChI=1S/C12H14N2O3S/c1-3-7-5-8-11(18-7)13-9(4-2)14(12(8)17)6-10(15)16/h5H,3-4,6H2,1-2H3,(H,15,16). The van der Waals surface area contributed by atoms with E-state index in [-0.39, 0.29) is 12.1 Å². The molecule has 6 heteroatoms. The van der Waals surface area contributed by atoms with Gasteiger partial charge >= 0.3 is 5.97 Å². The highest BCUT2D eigenvalue weighted by Crippen LogP contribution is 2.22. The Bertz CT molecular complexity index is 657. The summed E-state index contributed by atoms with van der Waals surface area (Å²) in [4.78, 5) is 29.2. The zero-order valence-corrected chi connectivity index (χ0v) is 11.1. The van der Waals surface area contributed by atoms with Crippen LogP contribution < -0.4 is 5.56 Å². The number of carboxylic acids is 1. The van der Waals surface area contributed by atoms with Gasteiger partial charge in [0.1, 0.15) is 17.2 Å². The molecule has 96 valence electrons. The number of hydrogen-bond donors (Lipinski definition) is 1. The van der Waals surface area contributed by atoms with E-state index in [9.17, 15) is 9.59 Å². The molecule has 0 amide bonds. The van der Waals surface area contributed by atoms with Crippen LogP contribution in [-0.2, 0) is 24.2 Å². The molecule has 0 radical (unpaired) electrons. The molecule has 0 aliphatic carbocycles. The van der Waals surface area contributed by atoms with Crippen molar-refractivity contribution in [1.82, 2.24) is 9.55 Å². The van der Waals surface area contributed by atoms with Crippen LogP contribution in [0.1, 0.15) is 24.5 Å². The van der Waals surface area contributed by atoms with Gasteiger partial charge in [-0.15, -0.1) is 11.3 Å². The lowest BCUT2D eigenvalue weighted by Crippen LogP contribution is -2.27. The number of hydrogen-bond acceptors (Lipinski definition) is 4. The molecule has 0 unspecified atom stereocenters. The number of carbonyl (C=O) groups is 1. The van der Waals surface area contributed by atoms with Gasteiger partial charge in [-0.3, -0.25) is 14.2 Å². The zero-order chi connectivity index (χ0) is 13.3. The second-order valence-electron chi connectivity index (χ2n) is 3.95. The first-order chi connectivity index (χ1) is 8.56. The van der Waals surface area contributed by atoms with Gasteiger partial charge in [0.2, 0.25) is 0 Å². The molecule has 0 aliphatic heterocycles. The smallest absolute Gasteiger partial charge is 0.323 e. The quantitative estimate of drug-likeness (QED) is 0.913. The molecule has 0 spiro atoms. The van der Waals surface area contributed by atoms with E-state index in [2.05, 4.69) is 4.98 Å². The lowest BCUT2D eigenvalue weighted by atomic mass is 10.3. The molecule has 2 rings (SSSR count). The van der Waals surface area contributed by atoms with Gasteiger partial charge in [0.05, 0.1) is 5.39 Å². The average molecular weight is 266 g/mol. The van der Waals surface area contributed by atoms with Crippen molar-refractivity contribution in [1.29, 1.82) is 0 Å². The van der Waals surface area contributed by atoms with Crippen molar-refractivity contribution < 1.29 is 9.90 Å². The van der Waals surface area contributed by atoms with E-state index in [1.807, 2.05) is 19.9 Å². The molecule has 0 aromatic carbocycles. The summed E-state index contributed by atoms with van der Waals surface area (Å²) in [6.45, 7) is 3.55. The molecule has 18 heavy (non-hydrogen) atoms. The Morgan fingerprint density at radius 3 is 2.72 bits per heavy atom. The normalized spacial score (nSPS) is 11.0. The van der Waals surface area contributed by atoms with Crippen molar-refractivity contribution in [2.45, 2.75) is 33.2 Å². The molecule has 0 saturated carbocycles. The lowest BCUT2D eigenvalue weighted by Gasteiger charge is -2.07. The third kappa shape index (κ3) is 2.15. The van der Waals surface area contributed by atoms with Crippen molar-refractivity contribution in [2.24, 2.45) is 0 Å². The molecule has 0 fully saturated rings. The lowest BCUT2D eigenvalue weighted by molar-refractivity contribution is -0.137. The van der Waals surface area contributed by atoms with E-state index >= 15 is 0 Å². The number of aromatic nitrogens is 2. The maximum Gasteiger partial charge on any atom is 0.323 e. The molecule has 2 aromatic rings. The molecular formula is C12H14N2O3S. The van der Waals surface area contributed by atoms with E-state index in [1.54, 1.807) is 0 Å². The molecule has 2 heterocycles. The SMILES string of the molecule is CCc1cc2c(=O)n(CC(=O)O)c(CC)nc2s1. The summed E-state index contributed by atoms with van der Waals surface area (Å²) in [5.41, 5.74) is -0.254. The number of nitrogens with zero attached hydrogens (tertiary/aromatic N) is 2. The molecule has 5 nitrogen and oxygen atoms in total. The summed E-state index contributed by atoms with van der Waals surface area (Å²) < 4.78 is 1.25. The summed E-state index contributed by atoms with van der Waals surface area (Å²) in [6.07, 6.45) is 1.39. The Balaban J connectivity index is 2.71. The zero-order valence-electron chi connectivity index (χ0n) is 10.3. The van der Waals surface area contributed by atoms with Crippen molar-refractivity contribution in [3.63, 3.8) is 0 Å². The van der Waals surface area contributed by atoms with E-state index in [1.165, 1.54) is 15.9 Å². The molecule has 0 bridgehead atoms. The third-order valence-electron chi connectivity index (χ3n) is 2.74. The molecule has 0 atom stereocenters. The van der Waals surface area contributed by atoms with Gasteiger partial charge in [-0.1, -0.05) is 13.8 Å². The van der Waals surface area contributed by atoms with E-state index in [0.29, 0.717) is 22.5 Å². The van der Waals surface area contributed by atoms with Crippen molar-refractivity contribution in [3.8, 4) is 0 Å². The first-order valence-corrected chi connectivity index (χ1v) is 6.62. The topological polar surface area (TPSA) is 72.2 Å². The maximum absolute atomic E-state index is 12.2. The fraction of sp³-hybridized carbons (Fsp3) is 0.417. The van der Waals surface area contributed by atoms with Gasteiger partial charge in [-0.2, -0.15) is 0 Å². The van der Waals surface area contributed by atoms with Crippen LogP contribution in [-0.4, -0.2) is 20.6 Å². The number of thiophene rings is 1. The number of fused-ring (bicyclic) bond motifs is 1. The van der Waals surface area contributed by atoms with Crippen LogP contribution in [0, 0.1) is 0 Å². The predicted molar refractivity (Wildman–Crippen MR) is 70.3 cm³/mol. The van der Waals surface area contributed by atoms with Crippen molar-refractivity contribution >= 4 is 27.5 Å². The summed E-state index contributed by atoms with van der Waals surface area (Å²) in [5, 5.41) is 9.37. The Kier molecular flexibility index (Phi) is 3.47. The largest absolute Gasteiger partial charge is 0.480 e. The maximum atomic E-state index is 12.2.